The molecule has 27 heavy (non-hydrogen) atoms. The van der Waals surface area contributed by atoms with Crippen LogP contribution in [0.25, 0.3) is 5.69 Å². The smallest absolute Gasteiger partial charge is 0.270 e. The maximum Gasteiger partial charge on any atom is 0.270 e. The summed E-state index contributed by atoms with van der Waals surface area (Å²) in [5, 5.41) is 23.6. The van der Waals surface area contributed by atoms with Gasteiger partial charge in [-0.3, -0.25) is 10.1 Å². The molecule has 0 aliphatic carbocycles. The van der Waals surface area contributed by atoms with Crippen molar-refractivity contribution < 1.29 is 9.66 Å². The topological polar surface area (TPSA) is 96.0 Å². The number of thioether (sulfide) groups is 1. The molecule has 0 atom stereocenters. The van der Waals surface area contributed by atoms with Gasteiger partial charge in [0, 0.05) is 23.4 Å². The van der Waals surface area contributed by atoms with Gasteiger partial charge in [-0.25, -0.2) is 0 Å². The fourth-order valence-electron chi connectivity index (χ4n) is 2.42. The van der Waals surface area contributed by atoms with Crippen LogP contribution in [0.15, 0.2) is 47.6 Å². The van der Waals surface area contributed by atoms with Crippen molar-refractivity contribution in [1.82, 2.24) is 20.2 Å². The molecule has 0 saturated carbocycles. The third-order valence-electron chi connectivity index (χ3n) is 3.69. The van der Waals surface area contributed by atoms with Gasteiger partial charge in [0.25, 0.3) is 5.69 Å². The maximum absolute atomic E-state index is 11.1. The molecule has 8 nitrogen and oxygen atoms in total. The van der Waals surface area contributed by atoms with Crippen LogP contribution in [0.1, 0.15) is 25.0 Å². The Kier molecular flexibility index (Phi) is 5.70. The summed E-state index contributed by atoms with van der Waals surface area (Å²) in [6.07, 6.45) is -0.0342. The quantitative estimate of drug-likeness (QED) is 0.345. The third-order valence-corrected chi connectivity index (χ3v) is 4.66. The molecule has 140 valence electrons. The summed E-state index contributed by atoms with van der Waals surface area (Å²) in [6.45, 7) is 5.84. The third kappa shape index (κ3) is 4.62. The van der Waals surface area contributed by atoms with E-state index < -0.39 is 4.92 Å². The van der Waals surface area contributed by atoms with Gasteiger partial charge in [-0.05, 0) is 49.4 Å². The number of rotatable bonds is 7. The Balaban J connectivity index is 1.84. The predicted molar refractivity (Wildman–Crippen MR) is 102 cm³/mol. The molecule has 1 heterocycles. The largest absolute Gasteiger partial charge is 0.491 e. The van der Waals surface area contributed by atoms with E-state index >= 15 is 0 Å². The Morgan fingerprint density at radius 1 is 1.22 bits per heavy atom. The van der Waals surface area contributed by atoms with Crippen LogP contribution in [0, 0.1) is 17.0 Å². The highest BCUT2D eigenvalue weighted by atomic mass is 32.2. The SMILES string of the molecule is Cc1ccc(-n2nnnc2SCc2cc([N+](=O)[O-])ccc2OC(C)C)cc1. The number of aromatic nitrogens is 4. The minimum absolute atomic E-state index is 0.0276. The van der Waals surface area contributed by atoms with E-state index in [1.165, 1.54) is 23.9 Å². The van der Waals surface area contributed by atoms with E-state index in [2.05, 4.69) is 15.5 Å². The average Bonchev–Trinajstić information content (AvgIpc) is 3.09. The Labute approximate surface area is 160 Å². The Bertz CT molecular complexity index is 940. The second kappa shape index (κ2) is 8.17. The molecule has 9 heteroatoms. The lowest BCUT2D eigenvalue weighted by molar-refractivity contribution is -0.384. The molecule has 3 aromatic rings. The van der Waals surface area contributed by atoms with Crippen LogP contribution < -0.4 is 4.74 Å². The van der Waals surface area contributed by atoms with Gasteiger partial charge in [-0.2, -0.15) is 4.68 Å². The zero-order valence-corrected chi connectivity index (χ0v) is 16.0. The normalized spacial score (nSPS) is 11.0. The second-order valence-electron chi connectivity index (χ2n) is 6.21. The fraction of sp³-hybridized carbons (Fsp3) is 0.278. The van der Waals surface area contributed by atoms with Crippen LogP contribution in [0.5, 0.6) is 5.75 Å². The molecule has 0 aliphatic rings. The summed E-state index contributed by atoms with van der Waals surface area (Å²) in [7, 11) is 0. The highest BCUT2D eigenvalue weighted by Gasteiger charge is 2.15. The van der Waals surface area contributed by atoms with Gasteiger partial charge in [0.05, 0.1) is 16.7 Å². The van der Waals surface area contributed by atoms with Crippen molar-refractivity contribution in [2.45, 2.75) is 37.8 Å². The number of tetrazole rings is 1. The van der Waals surface area contributed by atoms with Crippen molar-refractivity contribution in [2.75, 3.05) is 0 Å². The van der Waals surface area contributed by atoms with Gasteiger partial charge in [0.2, 0.25) is 5.16 Å². The molecule has 0 aliphatic heterocycles. The van der Waals surface area contributed by atoms with E-state index in [1.807, 2.05) is 45.0 Å². The van der Waals surface area contributed by atoms with Crippen LogP contribution in [0.2, 0.25) is 0 Å². The summed E-state index contributed by atoms with van der Waals surface area (Å²) in [6, 6.07) is 12.5. The lowest BCUT2D eigenvalue weighted by Crippen LogP contribution is -2.07. The Morgan fingerprint density at radius 2 is 1.96 bits per heavy atom. The van der Waals surface area contributed by atoms with Gasteiger partial charge < -0.3 is 4.74 Å². The summed E-state index contributed by atoms with van der Waals surface area (Å²) in [5.74, 6) is 1.06. The second-order valence-corrected chi connectivity index (χ2v) is 7.16. The maximum atomic E-state index is 11.1. The number of aryl methyl sites for hydroxylation is 1. The van der Waals surface area contributed by atoms with Crippen molar-refractivity contribution in [1.29, 1.82) is 0 Å². The number of hydrogen-bond donors (Lipinski definition) is 0. The molecule has 0 fully saturated rings. The van der Waals surface area contributed by atoms with Gasteiger partial charge in [-0.15, -0.1) is 5.10 Å². The molecule has 0 N–H and O–H groups in total. The van der Waals surface area contributed by atoms with Crippen LogP contribution >= 0.6 is 11.8 Å². The van der Waals surface area contributed by atoms with Crippen molar-refractivity contribution in [3.05, 3.63) is 63.7 Å². The van der Waals surface area contributed by atoms with E-state index in [1.54, 1.807) is 10.7 Å². The van der Waals surface area contributed by atoms with Crippen molar-refractivity contribution in [3.63, 3.8) is 0 Å². The van der Waals surface area contributed by atoms with E-state index in [0.29, 0.717) is 16.7 Å². The number of nitro benzene ring substituents is 1. The highest BCUT2D eigenvalue weighted by molar-refractivity contribution is 7.98. The Morgan fingerprint density at radius 3 is 2.63 bits per heavy atom. The van der Waals surface area contributed by atoms with Crippen LogP contribution in [0.3, 0.4) is 0 Å². The van der Waals surface area contributed by atoms with Crippen LogP contribution in [-0.2, 0) is 5.75 Å². The first kappa shape index (κ1) is 18.8. The summed E-state index contributed by atoms with van der Waals surface area (Å²) >= 11 is 1.39. The van der Waals surface area contributed by atoms with E-state index in [0.717, 1.165) is 16.8 Å². The van der Waals surface area contributed by atoms with Crippen molar-refractivity contribution in [3.8, 4) is 11.4 Å². The molecule has 3 rings (SSSR count). The first-order valence-electron chi connectivity index (χ1n) is 8.36. The first-order valence-corrected chi connectivity index (χ1v) is 9.35. The predicted octanol–water partition coefficient (Wildman–Crippen LogP) is 3.96. The van der Waals surface area contributed by atoms with Gasteiger partial charge in [0.1, 0.15) is 5.75 Å². The number of non-ortho nitro benzene ring substituents is 1. The fourth-order valence-corrected chi connectivity index (χ4v) is 3.29. The molecular formula is C18H19N5O3S. The number of hydrogen-bond acceptors (Lipinski definition) is 7. The number of nitrogens with zero attached hydrogens (tertiary/aromatic N) is 5. The molecule has 0 spiro atoms. The molecule has 0 amide bonds. The van der Waals surface area contributed by atoms with Crippen LogP contribution in [0.4, 0.5) is 5.69 Å². The molecule has 0 bridgehead atoms. The van der Waals surface area contributed by atoms with Gasteiger partial charge in [-0.1, -0.05) is 29.5 Å². The van der Waals surface area contributed by atoms with Gasteiger partial charge >= 0.3 is 0 Å². The number of nitro groups is 1. The lowest BCUT2D eigenvalue weighted by Gasteiger charge is -2.14. The number of benzene rings is 2. The molecule has 0 unspecified atom stereocenters. The number of ether oxygens (including phenoxy) is 1. The van der Waals surface area contributed by atoms with Crippen molar-refractivity contribution >= 4 is 17.4 Å². The standard InChI is InChI=1S/C18H19N5O3S/c1-12(2)26-17-9-8-16(23(24)25)10-14(17)11-27-18-19-20-21-22(18)15-6-4-13(3)5-7-15/h4-10,12H,11H2,1-3H3. The zero-order valence-electron chi connectivity index (χ0n) is 15.2. The summed E-state index contributed by atoms with van der Waals surface area (Å²) in [4.78, 5) is 10.7. The summed E-state index contributed by atoms with van der Waals surface area (Å²) < 4.78 is 7.43. The van der Waals surface area contributed by atoms with E-state index in [9.17, 15) is 10.1 Å². The molecule has 2 aromatic carbocycles. The average molecular weight is 385 g/mol. The Hall–Kier alpha value is -2.94. The molecular weight excluding hydrogens is 366 g/mol. The molecule has 0 radical (unpaired) electrons. The zero-order chi connectivity index (χ0) is 19.4. The van der Waals surface area contributed by atoms with E-state index in [-0.39, 0.29) is 11.8 Å². The lowest BCUT2D eigenvalue weighted by atomic mass is 10.2. The minimum atomic E-state index is -0.413. The van der Waals surface area contributed by atoms with Gasteiger partial charge in [0.15, 0.2) is 0 Å². The molecule has 0 saturated heterocycles. The minimum Gasteiger partial charge on any atom is -0.491 e. The van der Waals surface area contributed by atoms with Crippen molar-refractivity contribution in [2.24, 2.45) is 0 Å². The molecule has 1 aromatic heterocycles. The monoisotopic (exact) mass is 385 g/mol. The summed E-state index contributed by atoms with van der Waals surface area (Å²) in [5.41, 5.74) is 2.75. The highest BCUT2D eigenvalue weighted by Crippen LogP contribution is 2.31. The van der Waals surface area contributed by atoms with Crippen LogP contribution in [-0.4, -0.2) is 31.2 Å². The van der Waals surface area contributed by atoms with E-state index in [4.69, 9.17) is 4.74 Å². The first-order chi connectivity index (χ1) is 12.9.